The van der Waals surface area contributed by atoms with Gasteiger partial charge in [-0.15, -0.1) is 0 Å². The van der Waals surface area contributed by atoms with Crippen LogP contribution in [0.3, 0.4) is 0 Å². The van der Waals surface area contributed by atoms with Crippen molar-refractivity contribution in [3.8, 4) is 5.75 Å². The van der Waals surface area contributed by atoms with Gasteiger partial charge in [-0.2, -0.15) is 0 Å². The van der Waals surface area contributed by atoms with Gasteiger partial charge in [-0.25, -0.2) is 9.79 Å². The highest BCUT2D eigenvalue weighted by Crippen LogP contribution is 2.30. The third kappa shape index (κ3) is 4.69. The van der Waals surface area contributed by atoms with E-state index in [9.17, 15) is 19.5 Å². The Morgan fingerprint density at radius 3 is 2.65 bits per heavy atom. The molecule has 1 aliphatic rings. The molecule has 0 unspecified atom stereocenters. The fourth-order valence-corrected chi connectivity index (χ4v) is 4.78. The summed E-state index contributed by atoms with van der Waals surface area (Å²) in [5.41, 5.74) is 1.94. The molecule has 0 saturated heterocycles. The Kier molecular flexibility index (Phi) is 6.74. The third-order valence-corrected chi connectivity index (χ3v) is 6.13. The van der Waals surface area contributed by atoms with Crippen molar-refractivity contribution in [1.82, 2.24) is 4.57 Å². The van der Waals surface area contributed by atoms with Gasteiger partial charge in [-0.3, -0.25) is 9.36 Å². The molecule has 0 aliphatic carbocycles. The van der Waals surface area contributed by atoms with Crippen LogP contribution < -0.4 is 24.7 Å². The lowest BCUT2D eigenvalue weighted by atomic mass is 9.96. The molecule has 0 saturated carbocycles. The first-order chi connectivity index (χ1) is 16.4. The molecule has 4 rings (SSSR count). The van der Waals surface area contributed by atoms with Crippen molar-refractivity contribution in [2.24, 2.45) is 4.99 Å². The minimum absolute atomic E-state index is 0.206. The van der Waals surface area contributed by atoms with Gasteiger partial charge in [0.25, 0.3) is 5.56 Å². The summed E-state index contributed by atoms with van der Waals surface area (Å²) in [5.74, 6) is -1.50. The highest BCUT2D eigenvalue weighted by Gasteiger charge is 2.33. The zero-order valence-corrected chi connectivity index (χ0v) is 19.3. The maximum absolute atomic E-state index is 13.5. The zero-order chi connectivity index (χ0) is 24.2. The summed E-state index contributed by atoms with van der Waals surface area (Å²) in [6.45, 7) is 3.10. The smallest absolute Gasteiger partial charge is 0.338 e. The molecule has 174 valence electrons. The largest absolute Gasteiger partial charge is 0.546 e. The van der Waals surface area contributed by atoms with Crippen molar-refractivity contribution in [2.75, 3.05) is 13.2 Å². The molecular weight excluding hydrogens is 456 g/mol. The van der Waals surface area contributed by atoms with Crippen molar-refractivity contribution in [1.29, 1.82) is 0 Å². The number of nitrogens with zero attached hydrogens (tertiary/aromatic N) is 2. The molecular formula is C25H21N2O6S-. The summed E-state index contributed by atoms with van der Waals surface area (Å²) >= 11 is 1.21. The standard InChI is InChI=1S/C25H22N2O6S/c1-3-32-24(31)21-15(2)26-25-27(22(21)17-9-5-4-6-10-17)23(30)19(34-25)13-16-8-7-11-18(12-16)33-14-20(28)29/h4-13,22H,3,14H2,1-2H3,(H,28,29)/p-1/b19-13-/t22-/m1/s1. The number of benzene rings is 2. The lowest BCUT2D eigenvalue weighted by Crippen LogP contribution is -2.39. The Balaban J connectivity index is 1.84. The molecule has 0 radical (unpaired) electrons. The average Bonchev–Trinajstić information content (AvgIpc) is 3.12. The highest BCUT2D eigenvalue weighted by molar-refractivity contribution is 7.07. The van der Waals surface area contributed by atoms with Crippen molar-refractivity contribution in [3.05, 3.63) is 96.7 Å². The summed E-state index contributed by atoms with van der Waals surface area (Å²) in [7, 11) is 0. The van der Waals surface area contributed by atoms with Gasteiger partial charge in [-0.05, 0) is 43.2 Å². The Morgan fingerprint density at radius 2 is 1.94 bits per heavy atom. The van der Waals surface area contributed by atoms with E-state index in [0.29, 0.717) is 31.9 Å². The topological polar surface area (TPSA) is 110 Å². The number of carboxylic acids is 1. The minimum atomic E-state index is -1.33. The number of esters is 1. The second-order valence-corrected chi connectivity index (χ2v) is 8.46. The van der Waals surface area contributed by atoms with Gasteiger partial charge in [0.15, 0.2) is 4.80 Å². The first-order valence-corrected chi connectivity index (χ1v) is 11.4. The van der Waals surface area contributed by atoms with Crippen LogP contribution in [0.15, 0.2) is 75.7 Å². The van der Waals surface area contributed by atoms with E-state index in [4.69, 9.17) is 9.47 Å². The lowest BCUT2D eigenvalue weighted by molar-refractivity contribution is -0.307. The van der Waals surface area contributed by atoms with Gasteiger partial charge < -0.3 is 19.4 Å². The van der Waals surface area contributed by atoms with Crippen molar-refractivity contribution in [2.45, 2.75) is 19.9 Å². The summed E-state index contributed by atoms with van der Waals surface area (Å²) in [6.07, 6.45) is 1.68. The number of thiazole rings is 1. The molecule has 0 bridgehead atoms. The molecule has 0 fully saturated rings. The quantitative estimate of drug-likeness (QED) is 0.468. The molecule has 9 heteroatoms. The van der Waals surface area contributed by atoms with E-state index >= 15 is 0 Å². The number of fused-ring (bicyclic) bond motifs is 1. The maximum Gasteiger partial charge on any atom is 0.338 e. The van der Waals surface area contributed by atoms with Crippen LogP contribution >= 0.6 is 11.3 Å². The highest BCUT2D eigenvalue weighted by atomic mass is 32.1. The Hall–Kier alpha value is -3.98. The number of hydrogen-bond donors (Lipinski definition) is 0. The number of rotatable bonds is 7. The molecule has 2 heterocycles. The Morgan fingerprint density at radius 1 is 1.18 bits per heavy atom. The summed E-state index contributed by atoms with van der Waals surface area (Å²) < 4.78 is 12.4. The van der Waals surface area contributed by atoms with Crippen molar-refractivity contribution >= 4 is 29.4 Å². The first kappa shape index (κ1) is 23.2. The summed E-state index contributed by atoms with van der Waals surface area (Å²) in [4.78, 5) is 42.0. The van der Waals surface area contributed by atoms with E-state index in [1.54, 1.807) is 44.2 Å². The molecule has 8 nitrogen and oxygen atoms in total. The predicted octanol–water partition coefficient (Wildman–Crippen LogP) is 0.927. The van der Waals surface area contributed by atoms with Gasteiger partial charge in [0.1, 0.15) is 12.4 Å². The average molecular weight is 478 g/mol. The van der Waals surface area contributed by atoms with E-state index < -0.39 is 24.6 Å². The number of hydrogen-bond acceptors (Lipinski definition) is 8. The van der Waals surface area contributed by atoms with Crippen molar-refractivity contribution in [3.63, 3.8) is 0 Å². The number of carbonyl (C=O) groups excluding carboxylic acids is 2. The summed E-state index contributed by atoms with van der Waals surface area (Å²) in [5, 5.41) is 10.7. The van der Waals surface area contributed by atoms with Gasteiger partial charge in [0.05, 0.1) is 34.4 Å². The molecule has 3 aromatic rings. The van der Waals surface area contributed by atoms with Crippen LogP contribution in [0.5, 0.6) is 5.75 Å². The van der Waals surface area contributed by atoms with E-state index in [1.807, 2.05) is 30.3 Å². The SMILES string of the molecule is CCOC(=O)C1=C(C)N=c2s/c(=C\c3cccc(OCC(=O)[O-])c3)c(=O)n2[C@@H]1c1ccccc1. The molecule has 1 aliphatic heterocycles. The van der Waals surface area contributed by atoms with E-state index in [2.05, 4.69) is 4.99 Å². The second kappa shape index (κ2) is 9.88. The molecule has 34 heavy (non-hydrogen) atoms. The summed E-state index contributed by atoms with van der Waals surface area (Å²) in [6, 6.07) is 15.3. The lowest BCUT2D eigenvalue weighted by Gasteiger charge is -2.24. The number of allylic oxidation sites excluding steroid dienone is 1. The molecule has 0 spiro atoms. The predicted molar refractivity (Wildman–Crippen MR) is 124 cm³/mol. The van der Waals surface area contributed by atoms with Crippen LogP contribution in [0.2, 0.25) is 0 Å². The van der Waals surface area contributed by atoms with Gasteiger partial charge in [0, 0.05) is 0 Å². The maximum atomic E-state index is 13.5. The fraction of sp³-hybridized carbons (Fsp3) is 0.200. The molecule has 1 atom stereocenters. The van der Waals surface area contributed by atoms with Crippen LogP contribution in [0.25, 0.3) is 6.08 Å². The molecule has 0 N–H and O–H groups in total. The monoisotopic (exact) mass is 477 g/mol. The van der Waals surface area contributed by atoms with Crippen LogP contribution in [0.1, 0.15) is 31.0 Å². The third-order valence-electron chi connectivity index (χ3n) is 5.14. The van der Waals surface area contributed by atoms with E-state index in [1.165, 1.54) is 15.9 Å². The van der Waals surface area contributed by atoms with Gasteiger partial charge in [0.2, 0.25) is 0 Å². The fourth-order valence-electron chi connectivity index (χ4n) is 3.73. The van der Waals surface area contributed by atoms with Crippen LogP contribution in [-0.2, 0) is 14.3 Å². The van der Waals surface area contributed by atoms with E-state index in [0.717, 1.165) is 5.56 Å². The van der Waals surface area contributed by atoms with Crippen LogP contribution in [-0.4, -0.2) is 29.7 Å². The number of aliphatic carboxylic acids is 1. The minimum Gasteiger partial charge on any atom is -0.546 e. The first-order valence-electron chi connectivity index (χ1n) is 10.6. The second-order valence-electron chi connectivity index (χ2n) is 7.45. The van der Waals surface area contributed by atoms with Crippen LogP contribution in [0.4, 0.5) is 0 Å². The van der Waals surface area contributed by atoms with Crippen LogP contribution in [0, 0.1) is 0 Å². The number of aromatic nitrogens is 1. The normalized spacial score (nSPS) is 15.5. The molecule has 2 aromatic carbocycles. The number of ether oxygens (including phenoxy) is 2. The molecule has 1 aromatic heterocycles. The molecule has 0 amide bonds. The number of carbonyl (C=O) groups is 2. The Labute approximate surface area is 198 Å². The van der Waals surface area contributed by atoms with Gasteiger partial charge >= 0.3 is 5.97 Å². The van der Waals surface area contributed by atoms with E-state index in [-0.39, 0.29) is 12.2 Å². The van der Waals surface area contributed by atoms with Crippen molar-refractivity contribution < 1.29 is 24.2 Å². The zero-order valence-electron chi connectivity index (χ0n) is 18.5. The van der Waals surface area contributed by atoms with Gasteiger partial charge in [-0.1, -0.05) is 53.8 Å². The number of carboxylic acid groups (broad SMARTS) is 1. The Bertz CT molecular complexity index is 1450.